The maximum Gasteiger partial charge on any atom is 0.174 e. The molecule has 100 valence electrons. The molecule has 0 bridgehead atoms. The Morgan fingerprint density at radius 1 is 1.37 bits per heavy atom. The van der Waals surface area contributed by atoms with Crippen molar-refractivity contribution in [2.75, 3.05) is 0 Å². The van der Waals surface area contributed by atoms with Crippen molar-refractivity contribution in [3.63, 3.8) is 0 Å². The molecule has 2 aromatic rings. The summed E-state index contributed by atoms with van der Waals surface area (Å²) in [6.07, 6.45) is 2.61. The van der Waals surface area contributed by atoms with E-state index in [0.717, 1.165) is 29.8 Å². The van der Waals surface area contributed by atoms with E-state index in [9.17, 15) is 0 Å². The number of nitrogens with one attached hydrogen (secondary N) is 1. The van der Waals surface area contributed by atoms with Crippen LogP contribution in [-0.2, 0) is 13.2 Å². The Balaban J connectivity index is 1.55. The van der Waals surface area contributed by atoms with Crippen LogP contribution in [0, 0.1) is 6.92 Å². The second-order valence-corrected chi connectivity index (χ2v) is 5.03. The van der Waals surface area contributed by atoms with Gasteiger partial charge in [0.25, 0.3) is 0 Å². The molecule has 4 heteroatoms. The summed E-state index contributed by atoms with van der Waals surface area (Å²) in [5, 5.41) is 7.33. The number of aryl methyl sites for hydroxylation is 1. The molecule has 3 rings (SSSR count). The van der Waals surface area contributed by atoms with E-state index in [1.807, 2.05) is 25.1 Å². The molecule has 1 aromatic carbocycles. The van der Waals surface area contributed by atoms with Crippen LogP contribution in [0.25, 0.3) is 0 Å². The van der Waals surface area contributed by atoms with E-state index in [1.165, 1.54) is 18.4 Å². The fourth-order valence-corrected chi connectivity index (χ4v) is 1.93. The number of benzene rings is 1. The largest absolute Gasteiger partial charge is 0.486 e. The maximum atomic E-state index is 5.71. The summed E-state index contributed by atoms with van der Waals surface area (Å²) in [4.78, 5) is 0. The normalized spacial score (nSPS) is 14.6. The maximum absolute atomic E-state index is 5.71. The highest BCUT2D eigenvalue weighted by molar-refractivity contribution is 5.28. The Morgan fingerprint density at radius 2 is 2.26 bits per heavy atom. The van der Waals surface area contributed by atoms with E-state index in [0.29, 0.717) is 6.61 Å². The molecular formula is C15H18N2O2. The molecule has 1 heterocycles. The summed E-state index contributed by atoms with van der Waals surface area (Å²) in [6, 6.07) is 10.8. The van der Waals surface area contributed by atoms with Crippen molar-refractivity contribution in [1.29, 1.82) is 0 Å². The molecule has 0 radical (unpaired) electrons. The second-order valence-electron chi connectivity index (χ2n) is 5.03. The van der Waals surface area contributed by atoms with Crippen molar-refractivity contribution in [1.82, 2.24) is 10.5 Å². The van der Waals surface area contributed by atoms with Crippen LogP contribution in [0.15, 0.2) is 34.9 Å². The van der Waals surface area contributed by atoms with Crippen LogP contribution in [0.3, 0.4) is 0 Å². The van der Waals surface area contributed by atoms with Gasteiger partial charge in [-0.05, 0) is 37.5 Å². The summed E-state index contributed by atoms with van der Waals surface area (Å²) in [7, 11) is 0. The molecule has 0 spiro atoms. The summed E-state index contributed by atoms with van der Waals surface area (Å²) in [6.45, 7) is 3.22. The summed E-state index contributed by atoms with van der Waals surface area (Å²) in [5.41, 5.74) is 2.12. The highest BCUT2D eigenvalue weighted by atomic mass is 16.5. The predicted octanol–water partition coefficient (Wildman–Crippen LogP) is 2.81. The van der Waals surface area contributed by atoms with Crippen LogP contribution in [0.1, 0.15) is 29.9 Å². The van der Waals surface area contributed by atoms with Gasteiger partial charge in [-0.3, -0.25) is 0 Å². The fourth-order valence-electron chi connectivity index (χ4n) is 1.93. The lowest BCUT2D eigenvalue weighted by Crippen LogP contribution is -2.15. The molecular weight excluding hydrogens is 240 g/mol. The van der Waals surface area contributed by atoms with Gasteiger partial charge in [0.1, 0.15) is 12.4 Å². The number of rotatable bonds is 6. The van der Waals surface area contributed by atoms with Crippen molar-refractivity contribution < 1.29 is 9.26 Å². The van der Waals surface area contributed by atoms with Gasteiger partial charge >= 0.3 is 0 Å². The van der Waals surface area contributed by atoms with Crippen molar-refractivity contribution in [3.8, 4) is 5.75 Å². The third-order valence-electron chi connectivity index (χ3n) is 3.13. The first-order valence-corrected chi connectivity index (χ1v) is 6.67. The summed E-state index contributed by atoms with van der Waals surface area (Å²) in [5.74, 6) is 1.61. The van der Waals surface area contributed by atoms with Crippen LogP contribution in [0.4, 0.5) is 0 Å². The molecule has 1 saturated carbocycles. The van der Waals surface area contributed by atoms with Crippen molar-refractivity contribution in [2.45, 2.75) is 39.0 Å². The fraction of sp³-hybridized carbons (Fsp3) is 0.400. The molecule has 0 atom stereocenters. The molecule has 0 amide bonds. The Kier molecular flexibility index (Phi) is 3.51. The van der Waals surface area contributed by atoms with Crippen LogP contribution in [0.5, 0.6) is 5.75 Å². The van der Waals surface area contributed by atoms with Crippen LogP contribution < -0.4 is 10.1 Å². The van der Waals surface area contributed by atoms with Gasteiger partial charge in [-0.1, -0.05) is 17.3 Å². The smallest absolute Gasteiger partial charge is 0.174 e. The van der Waals surface area contributed by atoms with Gasteiger partial charge in [0, 0.05) is 18.7 Å². The number of hydrogen-bond acceptors (Lipinski definition) is 4. The lowest BCUT2D eigenvalue weighted by molar-refractivity contribution is 0.248. The van der Waals surface area contributed by atoms with E-state index >= 15 is 0 Å². The van der Waals surface area contributed by atoms with Crippen molar-refractivity contribution in [2.24, 2.45) is 0 Å². The van der Waals surface area contributed by atoms with E-state index in [1.54, 1.807) is 0 Å². The molecule has 1 aliphatic rings. The first-order valence-electron chi connectivity index (χ1n) is 6.67. The first-order chi connectivity index (χ1) is 9.29. The lowest BCUT2D eigenvalue weighted by Gasteiger charge is -2.07. The number of aromatic nitrogens is 1. The monoisotopic (exact) mass is 258 g/mol. The zero-order valence-corrected chi connectivity index (χ0v) is 11.1. The van der Waals surface area contributed by atoms with E-state index in [-0.39, 0.29) is 0 Å². The minimum atomic E-state index is 0.417. The van der Waals surface area contributed by atoms with Gasteiger partial charge in [-0.15, -0.1) is 0 Å². The van der Waals surface area contributed by atoms with Crippen molar-refractivity contribution in [3.05, 3.63) is 47.3 Å². The van der Waals surface area contributed by atoms with Crippen molar-refractivity contribution >= 4 is 0 Å². The Hall–Kier alpha value is -1.81. The molecule has 1 aromatic heterocycles. The average Bonchev–Trinajstić information content (AvgIpc) is 3.16. The average molecular weight is 258 g/mol. The summed E-state index contributed by atoms with van der Waals surface area (Å²) < 4.78 is 10.8. The minimum absolute atomic E-state index is 0.417. The molecule has 1 N–H and O–H groups in total. The summed E-state index contributed by atoms with van der Waals surface area (Å²) >= 11 is 0. The van der Waals surface area contributed by atoms with Crippen LogP contribution >= 0.6 is 0 Å². The Labute approximate surface area is 112 Å². The Morgan fingerprint density at radius 3 is 3.00 bits per heavy atom. The number of hydrogen-bond donors (Lipinski definition) is 1. The zero-order valence-electron chi connectivity index (χ0n) is 11.1. The van der Waals surface area contributed by atoms with Gasteiger partial charge in [0.2, 0.25) is 0 Å². The van der Waals surface area contributed by atoms with Crippen LogP contribution in [0.2, 0.25) is 0 Å². The van der Waals surface area contributed by atoms with Gasteiger partial charge in [-0.2, -0.15) is 0 Å². The van der Waals surface area contributed by atoms with Gasteiger partial charge in [0.05, 0.1) is 5.69 Å². The van der Waals surface area contributed by atoms with E-state index < -0.39 is 0 Å². The van der Waals surface area contributed by atoms with Crippen LogP contribution in [-0.4, -0.2) is 11.2 Å². The van der Waals surface area contributed by atoms with Gasteiger partial charge in [0.15, 0.2) is 5.76 Å². The highest BCUT2D eigenvalue weighted by Gasteiger charge is 2.19. The lowest BCUT2D eigenvalue weighted by atomic mass is 10.2. The first kappa shape index (κ1) is 12.2. The Bertz CT molecular complexity index is 547. The SMILES string of the molecule is Cc1cc(COc2cccc(CNC3CC3)c2)on1. The second kappa shape index (κ2) is 5.45. The zero-order chi connectivity index (χ0) is 13.1. The molecule has 19 heavy (non-hydrogen) atoms. The molecule has 0 aliphatic heterocycles. The van der Waals surface area contributed by atoms with E-state index in [2.05, 4.69) is 22.6 Å². The minimum Gasteiger partial charge on any atom is -0.486 e. The number of ether oxygens (including phenoxy) is 1. The topological polar surface area (TPSA) is 47.3 Å². The molecule has 0 saturated heterocycles. The molecule has 0 unspecified atom stereocenters. The highest BCUT2D eigenvalue weighted by Crippen LogP contribution is 2.20. The van der Waals surface area contributed by atoms with Gasteiger partial charge < -0.3 is 14.6 Å². The quantitative estimate of drug-likeness (QED) is 0.865. The van der Waals surface area contributed by atoms with E-state index in [4.69, 9.17) is 9.26 Å². The predicted molar refractivity (Wildman–Crippen MR) is 71.9 cm³/mol. The third kappa shape index (κ3) is 3.58. The number of nitrogens with zero attached hydrogens (tertiary/aromatic N) is 1. The molecule has 4 nitrogen and oxygen atoms in total. The molecule has 1 fully saturated rings. The third-order valence-corrected chi connectivity index (χ3v) is 3.13. The van der Waals surface area contributed by atoms with Gasteiger partial charge in [-0.25, -0.2) is 0 Å². The standard InChI is InChI=1S/C15H18N2O2/c1-11-7-15(19-17-11)10-18-14-4-2-3-12(8-14)9-16-13-5-6-13/h2-4,7-8,13,16H,5-6,9-10H2,1H3. The molecule has 1 aliphatic carbocycles.